The van der Waals surface area contributed by atoms with E-state index in [1.165, 1.54) is 16.8 Å². The van der Waals surface area contributed by atoms with E-state index in [4.69, 9.17) is 4.74 Å². The molecule has 0 aromatic heterocycles. The van der Waals surface area contributed by atoms with Gasteiger partial charge in [-0.25, -0.2) is 4.79 Å². The summed E-state index contributed by atoms with van der Waals surface area (Å²) < 4.78 is 5.60. The largest absolute Gasteiger partial charge is 0.459 e. The van der Waals surface area contributed by atoms with E-state index in [1.807, 2.05) is 30.3 Å². The Kier molecular flexibility index (Phi) is 6.92. The summed E-state index contributed by atoms with van der Waals surface area (Å²) in [6, 6.07) is 16.2. The van der Waals surface area contributed by atoms with Gasteiger partial charge in [0.1, 0.15) is 12.6 Å². The molecular formula is C26H33N3O2. The van der Waals surface area contributed by atoms with Crippen LogP contribution in [-0.2, 0) is 22.6 Å². The van der Waals surface area contributed by atoms with Crippen molar-refractivity contribution in [2.24, 2.45) is 0 Å². The summed E-state index contributed by atoms with van der Waals surface area (Å²) >= 11 is 0. The molecular weight excluding hydrogens is 386 g/mol. The molecule has 1 unspecified atom stereocenters. The number of nitrogens with zero attached hydrogens (tertiary/aromatic N) is 2. The second-order valence-electron chi connectivity index (χ2n) is 8.74. The van der Waals surface area contributed by atoms with Crippen molar-refractivity contribution in [2.75, 3.05) is 42.9 Å². The summed E-state index contributed by atoms with van der Waals surface area (Å²) in [4.78, 5) is 17.6. The molecule has 2 heterocycles. The van der Waals surface area contributed by atoms with Crippen LogP contribution in [0.15, 0.2) is 60.7 Å². The summed E-state index contributed by atoms with van der Waals surface area (Å²) in [7, 11) is 0. The molecule has 2 aliphatic heterocycles. The van der Waals surface area contributed by atoms with E-state index in [0.29, 0.717) is 6.61 Å². The van der Waals surface area contributed by atoms with Crippen molar-refractivity contribution in [3.8, 4) is 0 Å². The summed E-state index contributed by atoms with van der Waals surface area (Å²) in [6.45, 7) is 11.5. The topological polar surface area (TPSA) is 44.8 Å². The van der Waals surface area contributed by atoms with Gasteiger partial charge in [-0.1, -0.05) is 48.6 Å². The molecule has 31 heavy (non-hydrogen) atoms. The molecule has 164 valence electrons. The van der Waals surface area contributed by atoms with Gasteiger partial charge in [-0.2, -0.15) is 0 Å². The fourth-order valence-electron chi connectivity index (χ4n) is 4.42. The molecule has 2 aliphatic rings. The number of ether oxygens (including phenoxy) is 1. The number of hydrogen-bond donors (Lipinski definition) is 1. The van der Waals surface area contributed by atoms with Gasteiger partial charge >= 0.3 is 5.97 Å². The summed E-state index contributed by atoms with van der Waals surface area (Å²) in [5.41, 5.74) is 5.80. The zero-order chi connectivity index (χ0) is 21.6. The number of nitrogens with one attached hydrogen (secondary N) is 1. The molecule has 5 heteroatoms. The molecule has 2 aromatic carbocycles. The first-order chi connectivity index (χ1) is 15.1. The molecule has 0 saturated carbocycles. The Morgan fingerprint density at radius 1 is 1.13 bits per heavy atom. The summed E-state index contributed by atoms with van der Waals surface area (Å²) in [5.74, 6) is -0.171. The fourth-order valence-corrected chi connectivity index (χ4v) is 4.42. The quantitative estimate of drug-likeness (QED) is 0.560. The Morgan fingerprint density at radius 2 is 1.90 bits per heavy atom. The number of anilines is 2. The third kappa shape index (κ3) is 5.67. The third-order valence-corrected chi connectivity index (χ3v) is 6.10. The molecule has 2 aromatic rings. The van der Waals surface area contributed by atoms with E-state index in [2.05, 4.69) is 46.8 Å². The highest BCUT2D eigenvalue weighted by molar-refractivity contribution is 5.80. The minimum Gasteiger partial charge on any atom is -0.459 e. The van der Waals surface area contributed by atoms with Gasteiger partial charge in [0.15, 0.2) is 0 Å². The first kappa shape index (κ1) is 21.4. The fraction of sp³-hybridized carbons (Fsp3) is 0.423. The van der Waals surface area contributed by atoms with Crippen LogP contribution in [0.3, 0.4) is 0 Å². The molecule has 1 atom stereocenters. The molecule has 5 nitrogen and oxygen atoms in total. The molecule has 0 aliphatic carbocycles. The number of esters is 1. The Labute approximate surface area is 185 Å². The maximum absolute atomic E-state index is 12.7. The molecule has 0 radical (unpaired) electrons. The predicted molar refractivity (Wildman–Crippen MR) is 126 cm³/mol. The standard InChI is InChI=1S/C26H33N3O2/c1-20(2)18-28-13-15-29(16-14-28)23-12-11-22-9-6-10-24(27-25(22)17-23)26(30)31-19-21-7-4-3-5-8-21/h3-5,7-8,11-12,17,24,27H,1,6,9-10,13-16,18-19H2,2H3. The maximum atomic E-state index is 12.7. The summed E-state index contributed by atoms with van der Waals surface area (Å²) in [5, 5.41) is 3.49. The van der Waals surface area contributed by atoms with Crippen molar-refractivity contribution in [2.45, 2.75) is 38.8 Å². The average Bonchev–Trinajstić information content (AvgIpc) is 3.00. The SMILES string of the molecule is C=C(C)CN1CCN(c2ccc3c(c2)NC(C(=O)OCc2ccccc2)CCC3)CC1. The van der Waals surface area contributed by atoms with Gasteiger partial charge in [0.05, 0.1) is 0 Å². The zero-order valence-corrected chi connectivity index (χ0v) is 18.5. The van der Waals surface area contributed by atoms with Crippen molar-refractivity contribution >= 4 is 17.3 Å². The van der Waals surface area contributed by atoms with Crippen LogP contribution in [0.1, 0.15) is 30.9 Å². The van der Waals surface area contributed by atoms with Crippen LogP contribution in [0.4, 0.5) is 11.4 Å². The van der Waals surface area contributed by atoms with Gasteiger partial charge in [0.25, 0.3) is 0 Å². The predicted octanol–water partition coefficient (Wildman–Crippen LogP) is 4.24. The number of aryl methyl sites for hydroxylation is 1. The van der Waals surface area contributed by atoms with Crippen LogP contribution in [0.2, 0.25) is 0 Å². The lowest BCUT2D eigenvalue weighted by atomic mass is 10.1. The van der Waals surface area contributed by atoms with Crippen molar-refractivity contribution < 1.29 is 9.53 Å². The number of hydrogen-bond acceptors (Lipinski definition) is 5. The first-order valence-electron chi connectivity index (χ1n) is 11.3. The average molecular weight is 420 g/mol. The second-order valence-corrected chi connectivity index (χ2v) is 8.74. The van der Waals surface area contributed by atoms with Gasteiger partial charge in [0, 0.05) is 44.1 Å². The minimum atomic E-state index is -0.298. The molecule has 1 fully saturated rings. The zero-order valence-electron chi connectivity index (χ0n) is 18.5. The minimum absolute atomic E-state index is 0.171. The van der Waals surface area contributed by atoms with Gasteiger partial charge in [-0.05, 0) is 49.4 Å². The van der Waals surface area contributed by atoms with Gasteiger partial charge in [-0.3, -0.25) is 4.90 Å². The Morgan fingerprint density at radius 3 is 2.65 bits per heavy atom. The van der Waals surface area contributed by atoms with Crippen LogP contribution >= 0.6 is 0 Å². The van der Waals surface area contributed by atoms with Crippen LogP contribution < -0.4 is 10.2 Å². The molecule has 0 amide bonds. The van der Waals surface area contributed by atoms with Crippen molar-refractivity contribution in [1.82, 2.24) is 4.90 Å². The van der Waals surface area contributed by atoms with E-state index < -0.39 is 0 Å². The highest BCUT2D eigenvalue weighted by Gasteiger charge is 2.25. The smallest absolute Gasteiger partial charge is 0.328 e. The number of carbonyl (C=O) groups is 1. The van der Waals surface area contributed by atoms with E-state index in [9.17, 15) is 4.79 Å². The van der Waals surface area contributed by atoms with Crippen LogP contribution in [-0.4, -0.2) is 49.6 Å². The number of fused-ring (bicyclic) bond motifs is 1. The second kappa shape index (κ2) is 10.0. The van der Waals surface area contributed by atoms with Gasteiger partial charge in [0.2, 0.25) is 0 Å². The molecule has 1 saturated heterocycles. The highest BCUT2D eigenvalue weighted by Crippen LogP contribution is 2.30. The molecule has 0 bridgehead atoms. The first-order valence-corrected chi connectivity index (χ1v) is 11.3. The van der Waals surface area contributed by atoms with E-state index in [1.54, 1.807) is 0 Å². The van der Waals surface area contributed by atoms with Crippen LogP contribution in [0.25, 0.3) is 0 Å². The number of benzene rings is 2. The van der Waals surface area contributed by atoms with E-state index >= 15 is 0 Å². The van der Waals surface area contributed by atoms with Gasteiger partial charge in [-0.15, -0.1) is 0 Å². The lowest BCUT2D eigenvalue weighted by molar-refractivity contribution is -0.146. The molecule has 1 N–H and O–H groups in total. The maximum Gasteiger partial charge on any atom is 0.328 e. The Hall–Kier alpha value is -2.79. The van der Waals surface area contributed by atoms with Crippen LogP contribution in [0.5, 0.6) is 0 Å². The lowest BCUT2D eigenvalue weighted by Gasteiger charge is -2.36. The normalized spacial score (nSPS) is 19.1. The Balaban J connectivity index is 1.39. The lowest BCUT2D eigenvalue weighted by Crippen LogP contribution is -2.46. The van der Waals surface area contributed by atoms with E-state index in [-0.39, 0.29) is 12.0 Å². The number of carbonyl (C=O) groups excluding carboxylic acids is 1. The van der Waals surface area contributed by atoms with Crippen molar-refractivity contribution in [1.29, 1.82) is 0 Å². The van der Waals surface area contributed by atoms with Crippen molar-refractivity contribution in [3.63, 3.8) is 0 Å². The third-order valence-electron chi connectivity index (χ3n) is 6.10. The highest BCUT2D eigenvalue weighted by atomic mass is 16.5. The van der Waals surface area contributed by atoms with Gasteiger partial charge < -0.3 is 15.0 Å². The van der Waals surface area contributed by atoms with Crippen molar-refractivity contribution in [3.05, 3.63) is 71.8 Å². The summed E-state index contributed by atoms with van der Waals surface area (Å²) in [6.07, 6.45) is 2.75. The monoisotopic (exact) mass is 419 g/mol. The number of piperazine rings is 1. The van der Waals surface area contributed by atoms with E-state index in [0.717, 1.165) is 63.2 Å². The van der Waals surface area contributed by atoms with Crippen LogP contribution in [0, 0.1) is 0 Å². The number of rotatable bonds is 6. The Bertz CT molecular complexity index is 904. The molecule has 0 spiro atoms. The molecule has 4 rings (SSSR count).